The zero-order valence-electron chi connectivity index (χ0n) is 10.9. The third kappa shape index (κ3) is 2.36. The molecule has 0 N–H and O–H groups in total. The summed E-state index contributed by atoms with van der Waals surface area (Å²) in [6, 6.07) is 4.26. The third-order valence-corrected chi connectivity index (χ3v) is 3.83. The lowest BCUT2D eigenvalue weighted by atomic mass is 9.82. The molecule has 1 atom stereocenters. The number of hydrogen-bond donors (Lipinski definition) is 0. The Labute approximate surface area is 103 Å². The van der Waals surface area contributed by atoms with Gasteiger partial charge in [0.25, 0.3) is 0 Å². The topological polar surface area (TPSA) is 26.3 Å². The molecule has 0 spiro atoms. The molecule has 0 amide bonds. The van der Waals surface area contributed by atoms with Crippen LogP contribution in [-0.2, 0) is 4.79 Å². The van der Waals surface area contributed by atoms with Crippen molar-refractivity contribution in [1.29, 1.82) is 0 Å². The molecule has 2 nitrogen and oxygen atoms in total. The van der Waals surface area contributed by atoms with E-state index in [9.17, 15) is 4.79 Å². The summed E-state index contributed by atoms with van der Waals surface area (Å²) in [5.74, 6) is 1.72. The van der Waals surface area contributed by atoms with Gasteiger partial charge in [-0.25, -0.2) is 0 Å². The average Bonchev–Trinajstić information content (AvgIpc) is 2.32. The zero-order valence-corrected chi connectivity index (χ0v) is 10.9. The minimum atomic E-state index is 0.352. The van der Waals surface area contributed by atoms with E-state index in [1.165, 1.54) is 16.7 Å². The Morgan fingerprint density at radius 1 is 1.29 bits per heavy atom. The fourth-order valence-corrected chi connectivity index (χ4v) is 2.69. The number of benzene rings is 1. The van der Waals surface area contributed by atoms with Crippen LogP contribution >= 0.6 is 0 Å². The summed E-state index contributed by atoms with van der Waals surface area (Å²) in [5, 5.41) is 0. The maximum Gasteiger partial charge on any atom is 0.133 e. The molecule has 1 aromatic carbocycles. The Morgan fingerprint density at radius 3 is 2.71 bits per heavy atom. The van der Waals surface area contributed by atoms with Crippen molar-refractivity contribution in [3.05, 3.63) is 28.8 Å². The molecule has 17 heavy (non-hydrogen) atoms. The molecule has 1 unspecified atom stereocenters. The zero-order chi connectivity index (χ0) is 12.4. The first-order chi connectivity index (χ1) is 8.13. The minimum absolute atomic E-state index is 0.352. The van der Waals surface area contributed by atoms with Gasteiger partial charge in [-0.2, -0.15) is 0 Å². The van der Waals surface area contributed by atoms with Crippen molar-refractivity contribution in [2.75, 3.05) is 7.11 Å². The summed E-state index contributed by atoms with van der Waals surface area (Å²) in [4.78, 5) is 11.6. The molecule has 1 saturated carbocycles. The van der Waals surface area contributed by atoms with Crippen molar-refractivity contribution in [3.8, 4) is 5.75 Å². The molecule has 0 aliphatic heterocycles. The lowest BCUT2D eigenvalue weighted by molar-refractivity contribution is -0.120. The summed E-state index contributed by atoms with van der Waals surface area (Å²) in [6.45, 7) is 4.18. The van der Waals surface area contributed by atoms with Crippen LogP contribution in [0.1, 0.15) is 48.3 Å². The molecule has 0 radical (unpaired) electrons. The Bertz CT molecular complexity index is 435. The van der Waals surface area contributed by atoms with E-state index in [4.69, 9.17) is 4.74 Å². The Hall–Kier alpha value is -1.31. The van der Waals surface area contributed by atoms with E-state index in [1.54, 1.807) is 7.11 Å². The second kappa shape index (κ2) is 4.91. The van der Waals surface area contributed by atoms with Crippen molar-refractivity contribution < 1.29 is 9.53 Å². The van der Waals surface area contributed by atoms with E-state index >= 15 is 0 Å². The van der Waals surface area contributed by atoms with E-state index in [0.29, 0.717) is 18.1 Å². The number of carbonyl (C=O) groups excluding carboxylic acids is 1. The lowest BCUT2D eigenvalue weighted by Crippen LogP contribution is -2.14. The van der Waals surface area contributed by atoms with E-state index in [1.807, 2.05) is 0 Å². The van der Waals surface area contributed by atoms with Crippen LogP contribution in [0.3, 0.4) is 0 Å². The highest BCUT2D eigenvalue weighted by Crippen LogP contribution is 2.38. The molecule has 0 bridgehead atoms. The first-order valence-electron chi connectivity index (χ1n) is 6.29. The number of carbonyl (C=O) groups is 1. The maximum absolute atomic E-state index is 11.6. The van der Waals surface area contributed by atoms with E-state index in [0.717, 1.165) is 25.0 Å². The molecule has 1 aliphatic carbocycles. The molecule has 92 valence electrons. The minimum Gasteiger partial charge on any atom is -0.496 e. The van der Waals surface area contributed by atoms with Crippen LogP contribution in [0.4, 0.5) is 0 Å². The van der Waals surface area contributed by atoms with Crippen LogP contribution in [-0.4, -0.2) is 12.9 Å². The van der Waals surface area contributed by atoms with Crippen molar-refractivity contribution in [2.24, 2.45) is 0 Å². The van der Waals surface area contributed by atoms with Gasteiger partial charge < -0.3 is 4.74 Å². The van der Waals surface area contributed by atoms with Crippen LogP contribution in [0.2, 0.25) is 0 Å². The van der Waals surface area contributed by atoms with Crippen molar-refractivity contribution in [3.63, 3.8) is 0 Å². The summed E-state index contributed by atoms with van der Waals surface area (Å²) in [5.41, 5.74) is 3.65. The van der Waals surface area contributed by atoms with Gasteiger partial charge >= 0.3 is 0 Å². The van der Waals surface area contributed by atoms with Gasteiger partial charge in [0.05, 0.1) is 7.11 Å². The number of methoxy groups -OCH3 is 1. The highest BCUT2D eigenvalue weighted by Gasteiger charge is 2.24. The fraction of sp³-hybridized carbons (Fsp3) is 0.533. The SMILES string of the molecule is COc1c(C2CCCC(=O)C2)ccc(C)c1C. The smallest absolute Gasteiger partial charge is 0.133 e. The first-order valence-corrected chi connectivity index (χ1v) is 6.29. The van der Waals surface area contributed by atoms with Gasteiger partial charge in [-0.05, 0) is 49.3 Å². The van der Waals surface area contributed by atoms with Gasteiger partial charge in [-0.3, -0.25) is 4.79 Å². The second-order valence-corrected chi connectivity index (χ2v) is 4.96. The van der Waals surface area contributed by atoms with Crippen LogP contribution < -0.4 is 4.74 Å². The molecule has 2 heteroatoms. The average molecular weight is 232 g/mol. The van der Waals surface area contributed by atoms with Crippen LogP contribution in [0.5, 0.6) is 5.75 Å². The molecule has 0 saturated heterocycles. The summed E-state index contributed by atoms with van der Waals surface area (Å²) in [7, 11) is 1.72. The van der Waals surface area contributed by atoms with Crippen molar-refractivity contribution >= 4 is 5.78 Å². The number of ether oxygens (including phenoxy) is 1. The van der Waals surface area contributed by atoms with E-state index in [2.05, 4.69) is 26.0 Å². The van der Waals surface area contributed by atoms with Crippen molar-refractivity contribution in [2.45, 2.75) is 45.4 Å². The lowest BCUT2D eigenvalue weighted by Gasteiger charge is -2.24. The van der Waals surface area contributed by atoms with Crippen LogP contribution in [0.15, 0.2) is 12.1 Å². The summed E-state index contributed by atoms with van der Waals surface area (Å²) < 4.78 is 5.53. The van der Waals surface area contributed by atoms with Crippen LogP contribution in [0, 0.1) is 13.8 Å². The molecule has 2 rings (SSSR count). The Kier molecular flexibility index (Phi) is 3.51. The number of ketones is 1. The molecule has 1 fully saturated rings. The number of hydrogen-bond acceptors (Lipinski definition) is 2. The molecular weight excluding hydrogens is 212 g/mol. The molecular formula is C15H20O2. The Morgan fingerprint density at radius 2 is 2.06 bits per heavy atom. The molecule has 1 aromatic rings. The highest BCUT2D eigenvalue weighted by molar-refractivity contribution is 5.80. The predicted molar refractivity (Wildman–Crippen MR) is 68.7 cm³/mol. The number of aryl methyl sites for hydroxylation is 1. The molecule has 1 aliphatic rings. The van der Waals surface area contributed by atoms with Gasteiger partial charge in [-0.15, -0.1) is 0 Å². The standard InChI is InChI=1S/C15H20O2/c1-10-7-8-14(15(17-3)11(10)2)12-5-4-6-13(16)9-12/h7-8,12H,4-6,9H2,1-3H3. The van der Waals surface area contributed by atoms with Gasteiger partial charge in [0.1, 0.15) is 11.5 Å². The normalized spacial score (nSPS) is 20.4. The van der Waals surface area contributed by atoms with Gasteiger partial charge in [0.2, 0.25) is 0 Å². The largest absolute Gasteiger partial charge is 0.496 e. The van der Waals surface area contributed by atoms with Crippen LogP contribution in [0.25, 0.3) is 0 Å². The number of Topliss-reactive ketones (excluding diaryl/α,β-unsaturated/α-hetero) is 1. The summed E-state index contributed by atoms with van der Waals surface area (Å²) >= 11 is 0. The van der Waals surface area contributed by atoms with Gasteiger partial charge in [-0.1, -0.05) is 12.1 Å². The molecule has 0 aromatic heterocycles. The third-order valence-electron chi connectivity index (χ3n) is 3.83. The van der Waals surface area contributed by atoms with Gasteiger partial charge in [0.15, 0.2) is 0 Å². The molecule has 0 heterocycles. The number of rotatable bonds is 2. The monoisotopic (exact) mass is 232 g/mol. The summed E-state index contributed by atoms with van der Waals surface area (Å²) in [6.07, 6.45) is 3.55. The van der Waals surface area contributed by atoms with E-state index < -0.39 is 0 Å². The van der Waals surface area contributed by atoms with E-state index in [-0.39, 0.29) is 0 Å². The second-order valence-electron chi connectivity index (χ2n) is 4.96. The fourth-order valence-electron chi connectivity index (χ4n) is 2.69. The maximum atomic E-state index is 11.6. The van der Waals surface area contributed by atoms with Crippen molar-refractivity contribution in [1.82, 2.24) is 0 Å². The quantitative estimate of drug-likeness (QED) is 0.779. The first kappa shape index (κ1) is 12.2. The predicted octanol–water partition coefficient (Wildman–Crippen LogP) is 3.54. The van der Waals surface area contributed by atoms with Gasteiger partial charge in [0, 0.05) is 12.8 Å². The highest BCUT2D eigenvalue weighted by atomic mass is 16.5. The Balaban J connectivity index is 2.37.